The van der Waals surface area contributed by atoms with Gasteiger partial charge in [0.1, 0.15) is 0 Å². The van der Waals surface area contributed by atoms with Crippen LogP contribution in [0.4, 0.5) is 5.69 Å². The Balaban J connectivity index is 1.69. The third-order valence-electron chi connectivity index (χ3n) is 3.81. The van der Waals surface area contributed by atoms with Gasteiger partial charge in [0.15, 0.2) is 10.9 Å². The molecule has 128 valence electrons. The van der Waals surface area contributed by atoms with Crippen LogP contribution in [0.3, 0.4) is 0 Å². The Hall–Kier alpha value is -2.60. The van der Waals surface area contributed by atoms with Crippen molar-refractivity contribution < 1.29 is 9.59 Å². The SMILES string of the molecule is CC(=O)c1cccc(NC(=O)[C@@H](C)Sc2nc3ccc(C)cc3[nH]2)c1. The van der Waals surface area contributed by atoms with Gasteiger partial charge < -0.3 is 10.3 Å². The molecular weight excluding hydrogens is 334 g/mol. The molecule has 1 atom stereocenters. The van der Waals surface area contributed by atoms with Crippen molar-refractivity contribution in [1.29, 1.82) is 0 Å². The van der Waals surface area contributed by atoms with E-state index in [0.29, 0.717) is 16.4 Å². The molecule has 1 aromatic heterocycles. The lowest BCUT2D eigenvalue weighted by Gasteiger charge is -2.11. The van der Waals surface area contributed by atoms with E-state index in [1.165, 1.54) is 18.7 Å². The molecule has 6 heteroatoms. The Kier molecular flexibility index (Phi) is 4.90. The summed E-state index contributed by atoms with van der Waals surface area (Å²) < 4.78 is 0. The second-order valence-electron chi connectivity index (χ2n) is 5.95. The number of carbonyl (C=O) groups is 2. The number of imidazole rings is 1. The maximum atomic E-state index is 12.4. The topological polar surface area (TPSA) is 74.8 Å². The zero-order valence-corrected chi connectivity index (χ0v) is 15.1. The molecular formula is C19H19N3O2S. The molecule has 0 spiro atoms. The number of nitrogens with one attached hydrogen (secondary N) is 2. The summed E-state index contributed by atoms with van der Waals surface area (Å²) in [6.07, 6.45) is 0. The Morgan fingerprint density at radius 2 is 2.00 bits per heavy atom. The molecule has 0 aliphatic heterocycles. The number of anilines is 1. The molecule has 2 N–H and O–H groups in total. The van der Waals surface area contributed by atoms with E-state index in [1.54, 1.807) is 24.3 Å². The number of thioether (sulfide) groups is 1. The van der Waals surface area contributed by atoms with Crippen LogP contribution in [0.2, 0.25) is 0 Å². The Morgan fingerprint density at radius 1 is 1.20 bits per heavy atom. The molecule has 0 saturated heterocycles. The number of aromatic nitrogens is 2. The summed E-state index contributed by atoms with van der Waals surface area (Å²) in [6.45, 7) is 5.36. The van der Waals surface area contributed by atoms with Crippen molar-refractivity contribution in [3.8, 4) is 0 Å². The number of fused-ring (bicyclic) bond motifs is 1. The summed E-state index contributed by atoms with van der Waals surface area (Å²) in [4.78, 5) is 31.6. The van der Waals surface area contributed by atoms with Gasteiger partial charge in [0, 0.05) is 11.3 Å². The van der Waals surface area contributed by atoms with Crippen LogP contribution in [0.25, 0.3) is 11.0 Å². The Morgan fingerprint density at radius 3 is 2.76 bits per heavy atom. The van der Waals surface area contributed by atoms with Gasteiger partial charge in [-0.3, -0.25) is 9.59 Å². The van der Waals surface area contributed by atoms with E-state index in [9.17, 15) is 9.59 Å². The van der Waals surface area contributed by atoms with E-state index >= 15 is 0 Å². The molecule has 0 aliphatic rings. The van der Waals surface area contributed by atoms with Crippen LogP contribution in [0, 0.1) is 6.92 Å². The fourth-order valence-electron chi connectivity index (χ4n) is 2.44. The highest BCUT2D eigenvalue weighted by molar-refractivity contribution is 8.00. The number of hydrogen-bond donors (Lipinski definition) is 2. The zero-order chi connectivity index (χ0) is 18.0. The molecule has 0 saturated carbocycles. The van der Waals surface area contributed by atoms with Crippen molar-refractivity contribution in [3.63, 3.8) is 0 Å². The van der Waals surface area contributed by atoms with E-state index in [1.807, 2.05) is 32.0 Å². The van der Waals surface area contributed by atoms with Crippen molar-refractivity contribution >= 4 is 40.2 Å². The third-order valence-corrected chi connectivity index (χ3v) is 4.79. The first-order valence-electron chi connectivity index (χ1n) is 7.97. The van der Waals surface area contributed by atoms with Crippen molar-refractivity contribution in [1.82, 2.24) is 9.97 Å². The van der Waals surface area contributed by atoms with Gasteiger partial charge in [-0.25, -0.2) is 4.98 Å². The minimum atomic E-state index is -0.331. The number of rotatable bonds is 5. The van der Waals surface area contributed by atoms with Gasteiger partial charge in [-0.2, -0.15) is 0 Å². The number of benzene rings is 2. The molecule has 1 amide bonds. The fourth-order valence-corrected chi connectivity index (χ4v) is 3.26. The second kappa shape index (κ2) is 7.11. The number of aryl methyl sites for hydroxylation is 1. The quantitative estimate of drug-likeness (QED) is 0.533. The maximum Gasteiger partial charge on any atom is 0.237 e. The number of aromatic amines is 1. The monoisotopic (exact) mass is 353 g/mol. The molecule has 0 bridgehead atoms. The van der Waals surface area contributed by atoms with Gasteiger partial charge in [-0.05, 0) is 50.6 Å². The third kappa shape index (κ3) is 4.09. The summed E-state index contributed by atoms with van der Waals surface area (Å²) >= 11 is 1.37. The molecule has 5 nitrogen and oxygen atoms in total. The Bertz CT molecular complexity index is 949. The predicted molar refractivity (Wildman–Crippen MR) is 101 cm³/mol. The number of amides is 1. The van der Waals surface area contributed by atoms with Crippen LogP contribution in [0.15, 0.2) is 47.6 Å². The summed E-state index contributed by atoms with van der Waals surface area (Å²) in [5.74, 6) is -0.168. The Labute approximate surface area is 150 Å². The van der Waals surface area contributed by atoms with E-state index in [-0.39, 0.29) is 16.9 Å². The molecule has 3 rings (SSSR count). The highest BCUT2D eigenvalue weighted by Gasteiger charge is 2.17. The lowest BCUT2D eigenvalue weighted by Crippen LogP contribution is -2.22. The van der Waals surface area contributed by atoms with Crippen LogP contribution >= 0.6 is 11.8 Å². The summed E-state index contributed by atoms with van der Waals surface area (Å²) in [7, 11) is 0. The van der Waals surface area contributed by atoms with Crippen LogP contribution in [0.5, 0.6) is 0 Å². The molecule has 2 aromatic carbocycles. The first kappa shape index (κ1) is 17.2. The molecule has 0 aliphatic carbocycles. The second-order valence-corrected chi connectivity index (χ2v) is 7.28. The van der Waals surface area contributed by atoms with Crippen LogP contribution < -0.4 is 5.32 Å². The van der Waals surface area contributed by atoms with Crippen molar-refractivity contribution in [3.05, 3.63) is 53.6 Å². The molecule has 3 aromatic rings. The first-order chi connectivity index (χ1) is 11.9. The average Bonchev–Trinajstić information content (AvgIpc) is 2.96. The van der Waals surface area contributed by atoms with Crippen molar-refractivity contribution in [2.24, 2.45) is 0 Å². The number of H-pyrrole nitrogens is 1. The zero-order valence-electron chi connectivity index (χ0n) is 14.3. The van der Waals surface area contributed by atoms with Crippen LogP contribution in [-0.2, 0) is 4.79 Å². The number of ketones is 1. The predicted octanol–water partition coefficient (Wildman–Crippen LogP) is 4.19. The minimum absolute atomic E-state index is 0.0314. The summed E-state index contributed by atoms with van der Waals surface area (Å²) in [6, 6.07) is 12.9. The van der Waals surface area contributed by atoms with Gasteiger partial charge in [0.2, 0.25) is 5.91 Å². The van der Waals surface area contributed by atoms with Crippen LogP contribution in [-0.4, -0.2) is 26.9 Å². The number of hydrogen-bond acceptors (Lipinski definition) is 4. The highest BCUT2D eigenvalue weighted by atomic mass is 32.2. The normalized spacial score (nSPS) is 12.1. The van der Waals surface area contributed by atoms with Crippen LogP contribution in [0.1, 0.15) is 29.8 Å². The van der Waals surface area contributed by atoms with E-state index in [4.69, 9.17) is 0 Å². The lowest BCUT2D eigenvalue weighted by molar-refractivity contribution is -0.115. The van der Waals surface area contributed by atoms with E-state index < -0.39 is 0 Å². The lowest BCUT2D eigenvalue weighted by atomic mass is 10.1. The highest BCUT2D eigenvalue weighted by Crippen LogP contribution is 2.25. The van der Waals surface area contributed by atoms with Gasteiger partial charge in [0.05, 0.1) is 16.3 Å². The maximum absolute atomic E-state index is 12.4. The first-order valence-corrected chi connectivity index (χ1v) is 8.85. The van der Waals surface area contributed by atoms with Gasteiger partial charge >= 0.3 is 0 Å². The summed E-state index contributed by atoms with van der Waals surface area (Å²) in [5.41, 5.74) is 4.19. The van der Waals surface area contributed by atoms with E-state index in [2.05, 4.69) is 15.3 Å². The van der Waals surface area contributed by atoms with E-state index in [0.717, 1.165) is 16.6 Å². The minimum Gasteiger partial charge on any atom is -0.333 e. The number of carbonyl (C=O) groups excluding carboxylic acids is 2. The average molecular weight is 353 g/mol. The molecule has 0 radical (unpaired) electrons. The fraction of sp³-hybridized carbons (Fsp3) is 0.211. The van der Waals surface area contributed by atoms with Crippen molar-refractivity contribution in [2.75, 3.05) is 5.32 Å². The summed E-state index contributed by atoms with van der Waals surface area (Å²) in [5, 5.41) is 3.22. The smallest absolute Gasteiger partial charge is 0.237 e. The molecule has 0 fully saturated rings. The largest absolute Gasteiger partial charge is 0.333 e. The van der Waals surface area contributed by atoms with Gasteiger partial charge in [0.25, 0.3) is 0 Å². The van der Waals surface area contributed by atoms with Gasteiger partial charge in [-0.1, -0.05) is 30.0 Å². The molecule has 25 heavy (non-hydrogen) atoms. The van der Waals surface area contributed by atoms with Gasteiger partial charge in [-0.15, -0.1) is 0 Å². The number of Topliss-reactive ketones (excluding diaryl/α,β-unsaturated/α-hetero) is 1. The molecule has 1 heterocycles. The number of nitrogens with zero attached hydrogens (tertiary/aromatic N) is 1. The standard InChI is InChI=1S/C19H19N3O2S/c1-11-7-8-16-17(9-11)22-19(21-16)25-13(3)18(24)20-15-6-4-5-14(10-15)12(2)23/h4-10,13H,1-3H3,(H,20,24)(H,21,22)/t13-/m1/s1. The van der Waals surface area contributed by atoms with Crippen molar-refractivity contribution in [2.45, 2.75) is 31.2 Å². The molecule has 0 unspecified atom stereocenters.